The topological polar surface area (TPSA) is 38.3 Å². The molecule has 3 nitrogen and oxygen atoms in total. The van der Waals surface area contributed by atoms with E-state index < -0.39 is 0 Å². The first kappa shape index (κ1) is 20.6. The Morgan fingerprint density at radius 3 is 2.39 bits per heavy atom. The molecular formula is C20H39NO2. The molecule has 0 bridgehead atoms. The Morgan fingerprint density at radius 2 is 1.78 bits per heavy atom. The lowest BCUT2D eigenvalue weighted by molar-refractivity contribution is -0.117. The molecule has 1 rings (SSSR count). The zero-order valence-corrected chi connectivity index (χ0v) is 15.7. The van der Waals surface area contributed by atoms with Gasteiger partial charge in [0.2, 0.25) is 0 Å². The standard InChI is InChI=1S/C20H39NO2/c1-4-5-10-15-20-19(16-23-20)21-17(2)13-11-8-6-7-9-12-14-18(3)22/h17,19-21H,4-16H2,1-3H3. The summed E-state index contributed by atoms with van der Waals surface area (Å²) in [5.74, 6) is 0.331. The predicted octanol–water partition coefficient (Wildman–Crippen LogP) is 5.02. The van der Waals surface area contributed by atoms with Crippen molar-refractivity contribution in [3.05, 3.63) is 0 Å². The molecule has 1 N–H and O–H groups in total. The minimum absolute atomic E-state index is 0.331. The van der Waals surface area contributed by atoms with Crippen LogP contribution in [0.2, 0.25) is 0 Å². The molecule has 3 heteroatoms. The van der Waals surface area contributed by atoms with Gasteiger partial charge < -0.3 is 14.8 Å². The van der Waals surface area contributed by atoms with E-state index in [0.29, 0.717) is 24.0 Å². The molecule has 1 heterocycles. The SMILES string of the molecule is CCCCCC1OCC1NC(C)CCCCCCCCC(C)=O. The Kier molecular flexibility index (Phi) is 11.6. The average molecular weight is 326 g/mol. The van der Waals surface area contributed by atoms with Gasteiger partial charge in [-0.2, -0.15) is 0 Å². The molecule has 0 aromatic heterocycles. The van der Waals surface area contributed by atoms with E-state index in [9.17, 15) is 4.79 Å². The Hall–Kier alpha value is -0.410. The molecule has 0 aromatic carbocycles. The molecule has 0 radical (unpaired) electrons. The molecule has 0 saturated carbocycles. The first-order chi connectivity index (χ1) is 11.1. The van der Waals surface area contributed by atoms with Crippen LogP contribution < -0.4 is 5.32 Å². The number of Topliss-reactive ketones (excluding diaryl/α,β-unsaturated/α-hetero) is 1. The summed E-state index contributed by atoms with van der Waals surface area (Å²) in [6.07, 6.45) is 15.2. The molecule has 0 amide bonds. The first-order valence-electron chi connectivity index (χ1n) is 10.0. The third-order valence-corrected chi connectivity index (χ3v) is 4.95. The number of unbranched alkanes of at least 4 members (excludes halogenated alkanes) is 7. The number of hydrogen-bond donors (Lipinski definition) is 1. The summed E-state index contributed by atoms with van der Waals surface area (Å²) >= 11 is 0. The van der Waals surface area contributed by atoms with Crippen molar-refractivity contribution in [3.63, 3.8) is 0 Å². The summed E-state index contributed by atoms with van der Waals surface area (Å²) in [7, 11) is 0. The predicted molar refractivity (Wildman–Crippen MR) is 97.9 cm³/mol. The van der Waals surface area contributed by atoms with E-state index in [1.165, 1.54) is 64.2 Å². The largest absolute Gasteiger partial charge is 0.375 e. The lowest BCUT2D eigenvalue weighted by Crippen LogP contribution is -2.56. The number of nitrogens with one attached hydrogen (secondary N) is 1. The molecule has 0 spiro atoms. The summed E-state index contributed by atoms with van der Waals surface area (Å²) in [5, 5.41) is 3.75. The van der Waals surface area contributed by atoms with E-state index in [1.54, 1.807) is 6.92 Å². The molecule has 1 aliphatic heterocycles. The second kappa shape index (κ2) is 12.9. The Bertz CT molecular complexity index is 306. The van der Waals surface area contributed by atoms with Crippen molar-refractivity contribution in [2.24, 2.45) is 0 Å². The number of carbonyl (C=O) groups is 1. The van der Waals surface area contributed by atoms with Crippen LogP contribution in [0.15, 0.2) is 0 Å². The van der Waals surface area contributed by atoms with Gasteiger partial charge in [-0.25, -0.2) is 0 Å². The van der Waals surface area contributed by atoms with Crippen LogP contribution in [0.4, 0.5) is 0 Å². The monoisotopic (exact) mass is 325 g/mol. The summed E-state index contributed by atoms with van der Waals surface area (Å²) < 4.78 is 5.70. The fourth-order valence-corrected chi connectivity index (χ4v) is 3.34. The fourth-order valence-electron chi connectivity index (χ4n) is 3.34. The maximum absolute atomic E-state index is 10.9. The van der Waals surface area contributed by atoms with Gasteiger partial charge >= 0.3 is 0 Å². The second-order valence-electron chi connectivity index (χ2n) is 7.40. The molecule has 3 atom stereocenters. The normalized spacial score (nSPS) is 21.9. The number of rotatable bonds is 15. The first-order valence-corrected chi connectivity index (χ1v) is 10.0. The molecule has 1 saturated heterocycles. The molecule has 1 aliphatic rings. The van der Waals surface area contributed by atoms with Crippen LogP contribution in [0.25, 0.3) is 0 Å². The van der Waals surface area contributed by atoms with Gasteiger partial charge in [-0.05, 0) is 33.1 Å². The van der Waals surface area contributed by atoms with Crippen LogP contribution in [0.3, 0.4) is 0 Å². The van der Waals surface area contributed by atoms with Crippen molar-refractivity contribution in [2.45, 2.75) is 116 Å². The van der Waals surface area contributed by atoms with Crippen molar-refractivity contribution < 1.29 is 9.53 Å². The smallest absolute Gasteiger partial charge is 0.129 e. The third kappa shape index (κ3) is 10.1. The maximum atomic E-state index is 10.9. The Morgan fingerprint density at radius 1 is 1.09 bits per heavy atom. The van der Waals surface area contributed by atoms with E-state index in [-0.39, 0.29) is 0 Å². The number of ether oxygens (including phenoxy) is 1. The highest BCUT2D eigenvalue weighted by molar-refractivity contribution is 5.75. The van der Waals surface area contributed by atoms with E-state index in [2.05, 4.69) is 19.2 Å². The van der Waals surface area contributed by atoms with Crippen LogP contribution in [0.1, 0.15) is 97.8 Å². The van der Waals surface area contributed by atoms with Gasteiger partial charge in [-0.15, -0.1) is 0 Å². The molecule has 0 aromatic rings. The van der Waals surface area contributed by atoms with Crippen molar-refractivity contribution in [1.29, 1.82) is 0 Å². The summed E-state index contributed by atoms with van der Waals surface area (Å²) in [6, 6.07) is 1.20. The van der Waals surface area contributed by atoms with Gasteiger partial charge in [-0.3, -0.25) is 0 Å². The highest BCUT2D eigenvalue weighted by atomic mass is 16.5. The van der Waals surface area contributed by atoms with E-state index in [4.69, 9.17) is 4.74 Å². The molecule has 23 heavy (non-hydrogen) atoms. The fraction of sp³-hybridized carbons (Fsp3) is 0.950. The molecule has 3 unspecified atom stereocenters. The highest BCUT2D eigenvalue weighted by Crippen LogP contribution is 2.20. The maximum Gasteiger partial charge on any atom is 0.129 e. The van der Waals surface area contributed by atoms with Crippen molar-refractivity contribution >= 4 is 5.78 Å². The molecule has 0 aliphatic carbocycles. The number of ketones is 1. The Balaban J connectivity index is 1.92. The van der Waals surface area contributed by atoms with E-state index >= 15 is 0 Å². The van der Waals surface area contributed by atoms with E-state index in [0.717, 1.165) is 19.4 Å². The quantitative estimate of drug-likeness (QED) is 0.430. The minimum atomic E-state index is 0.331. The lowest BCUT2D eigenvalue weighted by atomic mass is 9.98. The van der Waals surface area contributed by atoms with Gasteiger partial charge in [0, 0.05) is 12.5 Å². The van der Waals surface area contributed by atoms with Gasteiger partial charge in [0.25, 0.3) is 0 Å². The zero-order valence-electron chi connectivity index (χ0n) is 15.7. The van der Waals surface area contributed by atoms with Gasteiger partial charge in [0.15, 0.2) is 0 Å². The van der Waals surface area contributed by atoms with Crippen LogP contribution in [0.5, 0.6) is 0 Å². The molecule has 136 valence electrons. The highest BCUT2D eigenvalue weighted by Gasteiger charge is 2.31. The van der Waals surface area contributed by atoms with Gasteiger partial charge in [0.1, 0.15) is 5.78 Å². The third-order valence-electron chi connectivity index (χ3n) is 4.95. The summed E-state index contributed by atoms with van der Waals surface area (Å²) in [4.78, 5) is 10.9. The Labute approximate surface area is 143 Å². The van der Waals surface area contributed by atoms with Crippen molar-refractivity contribution in [2.75, 3.05) is 6.61 Å². The number of hydrogen-bond acceptors (Lipinski definition) is 3. The number of carbonyl (C=O) groups excluding carboxylic acids is 1. The summed E-state index contributed by atoms with van der Waals surface area (Å²) in [6.45, 7) is 7.16. The molecular weight excluding hydrogens is 286 g/mol. The van der Waals surface area contributed by atoms with Crippen molar-refractivity contribution in [1.82, 2.24) is 5.32 Å². The van der Waals surface area contributed by atoms with Crippen molar-refractivity contribution in [3.8, 4) is 0 Å². The van der Waals surface area contributed by atoms with Gasteiger partial charge in [0.05, 0.1) is 18.8 Å². The lowest BCUT2D eigenvalue weighted by Gasteiger charge is -2.39. The second-order valence-corrected chi connectivity index (χ2v) is 7.40. The summed E-state index contributed by atoms with van der Waals surface area (Å²) in [5.41, 5.74) is 0. The average Bonchev–Trinajstić information content (AvgIpc) is 2.50. The minimum Gasteiger partial charge on any atom is -0.375 e. The van der Waals surface area contributed by atoms with Crippen LogP contribution >= 0.6 is 0 Å². The van der Waals surface area contributed by atoms with E-state index in [1.807, 2.05) is 0 Å². The van der Waals surface area contributed by atoms with Gasteiger partial charge in [-0.1, -0.05) is 58.3 Å². The van der Waals surface area contributed by atoms with Crippen LogP contribution in [-0.4, -0.2) is 30.6 Å². The van der Waals surface area contributed by atoms with Crippen LogP contribution in [0, 0.1) is 0 Å². The van der Waals surface area contributed by atoms with Crippen LogP contribution in [-0.2, 0) is 9.53 Å². The zero-order chi connectivity index (χ0) is 16.9. The molecule has 1 fully saturated rings.